The molecule has 5 aliphatic rings. The molecule has 0 saturated heterocycles. The lowest BCUT2D eigenvalue weighted by atomic mass is 9.43. The number of hydrogen-bond donors (Lipinski definition) is 0. The van der Waals surface area contributed by atoms with Crippen molar-refractivity contribution in [3.63, 3.8) is 0 Å². The van der Waals surface area contributed by atoms with Crippen LogP contribution in [-0.2, 0) is 5.41 Å². The fraction of sp³-hybridized carbons (Fsp3) is 0.172. The zero-order valence-corrected chi connectivity index (χ0v) is 32.9. The quantitative estimate of drug-likeness (QED) is 0.164. The van der Waals surface area contributed by atoms with Crippen molar-refractivity contribution in [3.8, 4) is 44.5 Å². The number of para-hydroxylation sites is 2. The maximum Gasteiger partial charge on any atom is 0.143 e. The number of fused-ring (bicyclic) bond motifs is 9. The van der Waals surface area contributed by atoms with E-state index in [1.54, 1.807) is 11.1 Å². The predicted octanol–water partition coefficient (Wildman–Crippen LogP) is 15.8. The summed E-state index contributed by atoms with van der Waals surface area (Å²) in [5.41, 5.74) is 15.7. The zero-order valence-electron chi connectivity index (χ0n) is 32.9. The van der Waals surface area contributed by atoms with E-state index in [9.17, 15) is 0 Å². The summed E-state index contributed by atoms with van der Waals surface area (Å²) in [7, 11) is 0. The Kier molecular flexibility index (Phi) is 6.52. The van der Waals surface area contributed by atoms with Crippen LogP contribution in [0.5, 0.6) is 0 Å². The van der Waals surface area contributed by atoms with Crippen molar-refractivity contribution in [2.24, 2.45) is 23.7 Å². The lowest BCUT2D eigenvalue weighted by Crippen LogP contribution is -2.55. The van der Waals surface area contributed by atoms with Gasteiger partial charge in [0.25, 0.3) is 0 Å². The summed E-state index contributed by atoms with van der Waals surface area (Å²) in [6.45, 7) is 0. The normalized spacial score (nSPS) is 22.6. The van der Waals surface area contributed by atoms with Crippen LogP contribution >= 0.6 is 0 Å². The fourth-order valence-corrected chi connectivity index (χ4v) is 13.6. The average Bonchev–Trinajstić information content (AvgIpc) is 3.79. The van der Waals surface area contributed by atoms with Crippen LogP contribution in [0, 0.1) is 23.7 Å². The second-order valence-electron chi connectivity index (χ2n) is 18.4. The Bertz CT molecular complexity index is 3310. The lowest BCUT2D eigenvalue weighted by molar-refractivity contribution is -0.0398. The maximum atomic E-state index is 6.45. The van der Waals surface area contributed by atoms with Crippen molar-refractivity contribution in [1.82, 2.24) is 0 Å². The first-order valence-corrected chi connectivity index (χ1v) is 21.8. The predicted molar refractivity (Wildman–Crippen MR) is 246 cm³/mol. The van der Waals surface area contributed by atoms with Crippen LogP contribution in [0.2, 0.25) is 0 Å². The molecule has 0 aliphatic heterocycles. The van der Waals surface area contributed by atoms with Crippen LogP contribution in [0.4, 0.5) is 0 Å². The smallest absolute Gasteiger partial charge is 0.143 e. The number of rotatable bonds is 3. The Balaban J connectivity index is 0.960. The Morgan fingerprint density at radius 3 is 1.58 bits per heavy atom. The first kappa shape index (κ1) is 32.5. The van der Waals surface area contributed by atoms with Crippen molar-refractivity contribution >= 4 is 54.3 Å². The highest BCUT2D eigenvalue weighted by Gasteiger charge is 2.61. The third-order valence-electron chi connectivity index (χ3n) is 15.6. The summed E-state index contributed by atoms with van der Waals surface area (Å²) < 4.78 is 6.45. The molecule has 4 fully saturated rings. The molecule has 0 unspecified atom stereocenters. The fourth-order valence-electron chi connectivity index (χ4n) is 13.6. The van der Waals surface area contributed by atoms with Gasteiger partial charge in [0, 0.05) is 21.8 Å². The largest absolute Gasteiger partial charge is 0.455 e. The Morgan fingerprint density at radius 1 is 0.373 bits per heavy atom. The summed E-state index contributed by atoms with van der Waals surface area (Å²) in [5.74, 6) is 3.25. The molecule has 5 aliphatic carbocycles. The van der Waals surface area contributed by atoms with Gasteiger partial charge in [0.1, 0.15) is 11.2 Å². The molecule has 9 aromatic carbocycles. The minimum absolute atomic E-state index is 0.0954. The van der Waals surface area contributed by atoms with E-state index < -0.39 is 0 Å². The molecule has 1 nitrogen and oxygen atoms in total. The summed E-state index contributed by atoms with van der Waals surface area (Å²) in [4.78, 5) is 0. The molecule has 0 amide bonds. The molecule has 0 radical (unpaired) electrons. The van der Waals surface area contributed by atoms with E-state index in [0.717, 1.165) is 44.9 Å². The van der Waals surface area contributed by atoms with E-state index in [2.05, 4.69) is 164 Å². The second kappa shape index (κ2) is 11.8. The second-order valence-corrected chi connectivity index (χ2v) is 18.4. The highest BCUT2D eigenvalue weighted by molar-refractivity contribution is 6.21. The monoisotopic (exact) mass is 754 g/mol. The van der Waals surface area contributed by atoms with Gasteiger partial charge in [-0.05, 0) is 162 Å². The van der Waals surface area contributed by atoms with Gasteiger partial charge >= 0.3 is 0 Å². The minimum atomic E-state index is 0.0954. The first-order valence-electron chi connectivity index (χ1n) is 21.8. The molecule has 1 heteroatoms. The molecule has 280 valence electrons. The molecule has 15 rings (SSSR count). The molecule has 1 spiro atoms. The van der Waals surface area contributed by atoms with Crippen LogP contribution in [-0.4, -0.2) is 0 Å². The zero-order chi connectivity index (χ0) is 38.4. The van der Waals surface area contributed by atoms with Crippen LogP contribution in [0.25, 0.3) is 98.8 Å². The Labute approximate surface area is 343 Å². The van der Waals surface area contributed by atoms with E-state index in [-0.39, 0.29) is 5.41 Å². The molecule has 4 bridgehead atoms. The lowest BCUT2D eigenvalue weighted by Gasteiger charge is -2.61. The minimum Gasteiger partial charge on any atom is -0.455 e. The van der Waals surface area contributed by atoms with Crippen molar-refractivity contribution < 1.29 is 4.42 Å². The molecule has 1 heterocycles. The first-order chi connectivity index (χ1) is 29.2. The van der Waals surface area contributed by atoms with E-state index in [0.29, 0.717) is 11.8 Å². The number of hydrogen-bond acceptors (Lipinski definition) is 1. The van der Waals surface area contributed by atoms with Crippen LogP contribution in [0.15, 0.2) is 174 Å². The van der Waals surface area contributed by atoms with Gasteiger partial charge in [-0.15, -0.1) is 0 Å². The standard InChI is InChI=1S/C58H42O/c1-2-11-39-32-53-51(31-38(39)10-1)44-25-24-40(33-52(44)58(53)41-27-34-26-35(29-41)30-42(58)28-34)56-48-15-5-3-13-46(48)55(47-14-4-6-16-49(47)56)37-22-20-36(21-23-37)43-17-9-18-50-45-12-7-8-19-54(45)59-57(43)50/h1-25,31-35,41-42H,26-30H2. The van der Waals surface area contributed by atoms with Crippen molar-refractivity contribution in [1.29, 1.82) is 0 Å². The van der Waals surface area contributed by atoms with Crippen molar-refractivity contribution in [2.45, 2.75) is 37.5 Å². The molecule has 59 heavy (non-hydrogen) atoms. The Morgan fingerprint density at radius 2 is 0.898 bits per heavy atom. The molecule has 1 aromatic heterocycles. The summed E-state index contributed by atoms with van der Waals surface area (Å²) in [5, 5.41) is 10.3. The van der Waals surface area contributed by atoms with E-state index in [1.807, 2.05) is 6.07 Å². The molecule has 0 atom stereocenters. The topological polar surface area (TPSA) is 13.1 Å². The van der Waals surface area contributed by atoms with Gasteiger partial charge in [-0.2, -0.15) is 0 Å². The van der Waals surface area contributed by atoms with Crippen molar-refractivity contribution in [3.05, 3.63) is 181 Å². The third-order valence-corrected chi connectivity index (χ3v) is 15.6. The molecular weight excluding hydrogens is 713 g/mol. The van der Waals surface area contributed by atoms with E-state index in [1.165, 1.54) is 97.8 Å². The average molecular weight is 755 g/mol. The van der Waals surface area contributed by atoms with Gasteiger partial charge in [-0.25, -0.2) is 0 Å². The van der Waals surface area contributed by atoms with Gasteiger partial charge in [0.15, 0.2) is 0 Å². The van der Waals surface area contributed by atoms with E-state index in [4.69, 9.17) is 4.42 Å². The molecule has 4 saturated carbocycles. The van der Waals surface area contributed by atoms with Crippen molar-refractivity contribution in [2.75, 3.05) is 0 Å². The SMILES string of the molecule is c1ccc2cc3c(cc2c1)-c1ccc(-c2c4ccccc4c(-c4ccc(-c5cccc6c5oc5ccccc56)cc4)c4ccccc24)cc1C31C2CC3CC(C2)CC1C3. The van der Waals surface area contributed by atoms with Gasteiger partial charge < -0.3 is 4.42 Å². The van der Waals surface area contributed by atoms with Crippen LogP contribution in [0.3, 0.4) is 0 Å². The van der Waals surface area contributed by atoms with Gasteiger partial charge in [0.05, 0.1) is 0 Å². The molecular formula is C58H42O. The summed E-state index contributed by atoms with van der Waals surface area (Å²) in [6, 6.07) is 64.2. The number of furan rings is 1. The molecule has 0 N–H and O–H groups in total. The molecule has 10 aromatic rings. The van der Waals surface area contributed by atoms with Gasteiger partial charge in [-0.3, -0.25) is 0 Å². The number of benzene rings is 9. The van der Waals surface area contributed by atoms with Crippen LogP contribution in [0.1, 0.15) is 43.2 Å². The highest BCUT2D eigenvalue weighted by atomic mass is 16.3. The third kappa shape index (κ3) is 4.35. The summed E-state index contributed by atoms with van der Waals surface area (Å²) in [6.07, 6.45) is 7.00. The van der Waals surface area contributed by atoms with Gasteiger partial charge in [-0.1, -0.05) is 146 Å². The Hall–Kier alpha value is -6.44. The van der Waals surface area contributed by atoms with Crippen LogP contribution < -0.4 is 0 Å². The van der Waals surface area contributed by atoms with E-state index >= 15 is 0 Å². The highest BCUT2D eigenvalue weighted by Crippen LogP contribution is 2.70. The summed E-state index contributed by atoms with van der Waals surface area (Å²) >= 11 is 0. The van der Waals surface area contributed by atoms with Gasteiger partial charge in [0.2, 0.25) is 0 Å². The maximum absolute atomic E-state index is 6.45.